The Morgan fingerprint density at radius 3 is 2.60 bits per heavy atom. The van der Waals surface area contributed by atoms with E-state index in [1.165, 1.54) is 0 Å². The summed E-state index contributed by atoms with van der Waals surface area (Å²) in [6.45, 7) is 0.262. The molecule has 0 aromatic heterocycles. The number of amides is 1. The minimum Gasteiger partial charge on any atom is -0.486 e. The van der Waals surface area contributed by atoms with E-state index < -0.39 is 11.9 Å². The number of benzene rings is 2. The van der Waals surface area contributed by atoms with Crippen molar-refractivity contribution in [2.75, 3.05) is 19.8 Å². The van der Waals surface area contributed by atoms with Crippen LogP contribution >= 0.6 is 15.9 Å². The predicted octanol–water partition coefficient (Wildman–Crippen LogP) is 2.56. The highest BCUT2D eigenvalue weighted by molar-refractivity contribution is 9.10. The van der Waals surface area contributed by atoms with Crippen LogP contribution in [-0.4, -0.2) is 37.7 Å². The summed E-state index contributed by atoms with van der Waals surface area (Å²) < 4.78 is 17.2. The van der Waals surface area contributed by atoms with Crippen molar-refractivity contribution in [3.05, 3.63) is 58.6 Å². The molecule has 7 heteroatoms. The van der Waals surface area contributed by atoms with Crippen molar-refractivity contribution in [3.8, 4) is 11.5 Å². The van der Waals surface area contributed by atoms with E-state index in [1.54, 1.807) is 24.3 Å². The number of carbonyl (C=O) groups is 2. The monoisotopic (exact) mass is 405 g/mol. The fraction of sp³-hybridized carbons (Fsp3) is 0.222. The van der Waals surface area contributed by atoms with Gasteiger partial charge in [0.2, 0.25) is 0 Å². The molecule has 0 bridgehead atoms. The van der Waals surface area contributed by atoms with Gasteiger partial charge >= 0.3 is 5.97 Å². The van der Waals surface area contributed by atoms with Crippen LogP contribution in [0.2, 0.25) is 0 Å². The summed E-state index contributed by atoms with van der Waals surface area (Å²) in [4.78, 5) is 23.7. The zero-order valence-corrected chi connectivity index (χ0v) is 14.8. The van der Waals surface area contributed by atoms with Gasteiger partial charge in [-0.15, -0.1) is 0 Å². The first-order chi connectivity index (χ1) is 12.1. The number of carbonyl (C=O) groups excluding carboxylic acids is 2. The molecule has 0 fully saturated rings. The molecule has 0 saturated carbocycles. The Morgan fingerprint density at radius 2 is 1.84 bits per heavy atom. The first-order valence-electron chi connectivity index (χ1n) is 7.69. The van der Waals surface area contributed by atoms with Crippen molar-refractivity contribution in [1.82, 2.24) is 5.32 Å². The summed E-state index contributed by atoms with van der Waals surface area (Å²) >= 11 is 3.29. The molecule has 2 aromatic rings. The summed E-state index contributed by atoms with van der Waals surface area (Å²) in [7, 11) is 0. The van der Waals surface area contributed by atoms with E-state index in [2.05, 4.69) is 21.2 Å². The summed E-state index contributed by atoms with van der Waals surface area (Å²) in [6, 6.07) is 14.1. The van der Waals surface area contributed by atoms with Crippen molar-refractivity contribution >= 4 is 27.8 Å². The van der Waals surface area contributed by atoms with Gasteiger partial charge in [-0.05, 0) is 36.4 Å². The molecule has 3 rings (SSSR count). The van der Waals surface area contributed by atoms with Gasteiger partial charge in [0, 0.05) is 4.47 Å². The second-order valence-electron chi connectivity index (χ2n) is 5.38. The predicted molar refractivity (Wildman–Crippen MR) is 93.8 cm³/mol. The van der Waals surface area contributed by atoms with Gasteiger partial charge in [-0.3, -0.25) is 4.79 Å². The van der Waals surface area contributed by atoms with Crippen molar-refractivity contribution in [3.63, 3.8) is 0 Å². The lowest BCUT2D eigenvalue weighted by atomic mass is 10.2. The van der Waals surface area contributed by atoms with Gasteiger partial charge in [0.15, 0.2) is 18.1 Å². The van der Waals surface area contributed by atoms with Crippen LogP contribution in [0, 0.1) is 0 Å². The van der Waals surface area contributed by atoms with Crippen molar-refractivity contribution in [2.24, 2.45) is 0 Å². The molecule has 1 amide bonds. The number of halogens is 1. The maximum atomic E-state index is 11.8. The van der Waals surface area contributed by atoms with E-state index in [0.717, 1.165) is 4.47 Å². The molecular weight excluding hydrogens is 390 g/mol. The second-order valence-corrected chi connectivity index (χ2v) is 6.30. The summed E-state index contributed by atoms with van der Waals surface area (Å²) in [5.74, 6) is 0.393. The van der Waals surface area contributed by atoms with Gasteiger partial charge in [0.1, 0.15) is 12.7 Å². The molecule has 25 heavy (non-hydrogen) atoms. The maximum Gasteiger partial charge on any atom is 0.338 e. The zero-order valence-electron chi connectivity index (χ0n) is 13.2. The molecule has 0 spiro atoms. The third-order valence-electron chi connectivity index (χ3n) is 3.51. The van der Waals surface area contributed by atoms with Gasteiger partial charge < -0.3 is 19.5 Å². The van der Waals surface area contributed by atoms with Gasteiger partial charge in [-0.2, -0.15) is 0 Å². The number of hydrogen-bond acceptors (Lipinski definition) is 5. The Hall–Kier alpha value is -2.54. The number of para-hydroxylation sites is 2. The Bertz CT molecular complexity index is 762. The SMILES string of the molecule is O=C(COC(=O)c1ccc(Br)cc1)NC[C@H]1COc2ccccc2O1. The average molecular weight is 406 g/mol. The lowest BCUT2D eigenvalue weighted by Crippen LogP contribution is -2.42. The molecule has 1 aliphatic heterocycles. The first kappa shape index (κ1) is 17.3. The van der Waals surface area contributed by atoms with Crippen molar-refractivity contribution in [1.29, 1.82) is 0 Å². The minimum absolute atomic E-state index is 0.267. The Kier molecular flexibility index (Phi) is 5.55. The molecule has 130 valence electrons. The highest BCUT2D eigenvalue weighted by Crippen LogP contribution is 2.30. The van der Waals surface area contributed by atoms with Crippen LogP contribution in [0.3, 0.4) is 0 Å². The number of rotatable bonds is 5. The van der Waals surface area contributed by atoms with Crippen molar-refractivity contribution in [2.45, 2.75) is 6.10 Å². The van der Waals surface area contributed by atoms with Crippen LogP contribution < -0.4 is 14.8 Å². The lowest BCUT2D eigenvalue weighted by Gasteiger charge is -2.26. The number of nitrogens with one attached hydrogen (secondary N) is 1. The molecular formula is C18H16BrNO5. The third kappa shape index (κ3) is 4.73. The summed E-state index contributed by atoms with van der Waals surface area (Å²) in [5.41, 5.74) is 0.386. The fourth-order valence-corrected chi connectivity index (χ4v) is 2.51. The van der Waals surface area contributed by atoms with E-state index in [4.69, 9.17) is 14.2 Å². The zero-order chi connectivity index (χ0) is 17.6. The molecule has 2 aromatic carbocycles. The van der Waals surface area contributed by atoms with Crippen LogP contribution in [0.25, 0.3) is 0 Å². The molecule has 1 N–H and O–H groups in total. The average Bonchev–Trinajstić information content (AvgIpc) is 2.65. The first-order valence-corrected chi connectivity index (χ1v) is 8.49. The van der Waals surface area contributed by atoms with E-state index in [-0.39, 0.29) is 19.3 Å². The highest BCUT2D eigenvalue weighted by Gasteiger charge is 2.21. The van der Waals surface area contributed by atoms with E-state index >= 15 is 0 Å². The van der Waals surface area contributed by atoms with Gasteiger partial charge in [-0.1, -0.05) is 28.1 Å². The Morgan fingerprint density at radius 1 is 1.12 bits per heavy atom. The molecule has 1 atom stereocenters. The van der Waals surface area contributed by atoms with Gasteiger partial charge in [0.05, 0.1) is 12.1 Å². The number of fused-ring (bicyclic) bond motifs is 1. The normalized spacial score (nSPS) is 15.3. The lowest BCUT2D eigenvalue weighted by molar-refractivity contribution is -0.124. The van der Waals surface area contributed by atoms with Crippen LogP contribution in [-0.2, 0) is 9.53 Å². The largest absolute Gasteiger partial charge is 0.486 e. The molecule has 6 nitrogen and oxygen atoms in total. The quantitative estimate of drug-likeness (QED) is 0.773. The van der Waals surface area contributed by atoms with E-state index in [1.807, 2.05) is 24.3 Å². The number of ether oxygens (including phenoxy) is 3. The Balaban J connectivity index is 1.41. The standard InChI is InChI=1S/C18H16BrNO5/c19-13-7-5-12(6-8-13)18(22)24-11-17(21)20-9-14-10-23-15-3-1-2-4-16(15)25-14/h1-8,14H,9-11H2,(H,20,21)/t14-/m0/s1. The topological polar surface area (TPSA) is 73.9 Å². The van der Waals surface area contributed by atoms with Gasteiger partial charge in [0.25, 0.3) is 5.91 Å². The smallest absolute Gasteiger partial charge is 0.338 e. The van der Waals surface area contributed by atoms with Gasteiger partial charge in [-0.25, -0.2) is 4.79 Å². The van der Waals surface area contributed by atoms with Crippen LogP contribution in [0.4, 0.5) is 0 Å². The summed E-state index contributed by atoms with van der Waals surface area (Å²) in [5, 5.41) is 2.67. The molecule has 0 unspecified atom stereocenters. The second kappa shape index (κ2) is 8.02. The van der Waals surface area contributed by atoms with Crippen LogP contribution in [0.5, 0.6) is 11.5 Å². The molecule has 1 heterocycles. The van der Waals surface area contributed by atoms with E-state index in [9.17, 15) is 9.59 Å². The summed E-state index contributed by atoms with van der Waals surface area (Å²) in [6.07, 6.45) is -0.291. The van der Waals surface area contributed by atoms with Crippen molar-refractivity contribution < 1.29 is 23.8 Å². The minimum atomic E-state index is -0.547. The number of esters is 1. The highest BCUT2D eigenvalue weighted by atomic mass is 79.9. The maximum absolute atomic E-state index is 11.8. The molecule has 0 saturated heterocycles. The van der Waals surface area contributed by atoms with Crippen LogP contribution in [0.15, 0.2) is 53.0 Å². The third-order valence-corrected chi connectivity index (χ3v) is 4.04. The van der Waals surface area contributed by atoms with E-state index in [0.29, 0.717) is 23.7 Å². The van der Waals surface area contributed by atoms with Crippen LogP contribution in [0.1, 0.15) is 10.4 Å². The molecule has 1 aliphatic rings. The molecule has 0 aliphatic carbocycles. The number of hydrogen-bond donors (Lipinski definition) is 1. The molecule has 0 radical (unpaired) electrons. The fourth-order valence-electron chi connectivity index (χ4n) is 2.24. The Labute approximate surface area is 153 Å².